The van der Waals surface area contributed by atoms with Gasteiger partial charge in [-0.15, -0.1) is 0 Å². The van der Waals surface area contributed by atoms with Crippen LogP contribution in [0.5, 0.6) is 0 Å². The van der Waals surface area contributed by atoms with Crippen LogP contribution in [0, 0.1) is 16.7 Å². The molecule has 0 spiro atoms. The van der Waals surface area contributed by atoms with E-state index in [1.807, 2.05) is 4.90 Å². The Balaban J connectivity index is 2.18. The molecule has 0 aromatic rings. The molecular weight excluding hydrogens is 238 g/mol. The molecule has 1 aliphatic carbocycles. The van der Waals surface area contributed by atoms with Crippen LogP contribution in [0.4, 0.5) is 0 Å². The average Bonchev–Trinajstić information content (AvgIpc) is 2.83. The van der Waals surface area contributed by atoms with Gasteiger partial charge in [0.2, 0.25) is 5.91 Å². The minimum atomic E-state index is -0.712. The lowest BCUT2D eigenvalue weighted by Gasteiger charge is -2.35. The van der Waals surface area contributed by atoms with Crippen molar-refractivity contribution in [3.63, 3.8) is 0 Å². The molecule has 4 heteroatoms. The number of nitriles is 1. The summed E-state index contributed by atoms with van der Waals surface area (Å²) in [4.78, 5) is 17.2. The van der Waals surface area contributed by atoms with Crippen molar-refractivity contribution in [3.8, 4) is 6.07 Å². The number of carbonyl (C=O) groups is 1. The first-order valence-corrected chi connectivity index (χ1v) is 7.54. The van der Waals surface area contributed by atoms with E-state index in [9.17, 15) is 10.1 Å². The van der Waals surface area contributed by atoms with Crippen molar-refractivity contribution in [1.29, 1.82) is 5.26 Å². The van der Waals surface area contributed by atoms with Crippen LogP contribution in [0.1, 0.15) is 45.4 Å². The molecule has 0 aromatic heterocycles. The van der Waals surface area contributed by atoms with Crippen molar-refractivity contribution in [1.82, 2.24) is 9.80 Å². The minimum absolute atomic E-state index is 0.106. The SMILES string of the molecule is CCC1CN(C)CCCN1C(=O)C1(C#N)CCCC1. The van der Waals surface area contributed by atoms with Gasteiger partial charge in [0.25, 0.3) is 0 Å². The van der Waals surface area contributed by atoms with Gasteiger partial charge in [0, 0.05) is 19.1 Å². The molecule has 0 radical (unpaired) electrons. The van der Waals surface area contributed by atoms with Crippen LogP contribution < -0.4 is 0 Å². The molecule has 0 bridgehead atoms. The fraction of sp³-hybridized carbons (Fsp3) is 0.867. The Morgan fingerprint density at radius 3 is 2.58 bits per heavy atom. The van der Waals surface area contributed by atoms with E-state index >= 15 is 0 Å². The molecule has 1 aliphatic heterocycles. The van der Waals surface area contributed by atoms with Crippen LogP contribution in [0.15, 0.2) is 0 Å². The van der Waals surface area contributed by atoms with E-state index < -0.39 is 5.41 Å². The predicted octanol–water partition coefficient (Wildman–Crippen LogP) is 2.01. The van der Waals surface area contributed by atoms with Crippen LogP contribution in [-0.4, -0.2) is 48.4 Å². The third-order valence-electron chi connectivity index (χ3n) is 4.71. The van der Waals surface area contributed by atoms with E-state index in [1.165, 1.54) is 0 Å². The topological polar surface area (TPSA) is 47.3 Å². The van der Waals surface area contributed by atoms with Crippen molar-refractivity contribution >= 4 is 5.91 Å². The number of likely N-dealkylation sites (N-methyl/N-ethyl adjacent to an activating group) is 1. The van der Waals surface area contributed by atoms with Crippen molar-refractivity contribution in [2.75, 3.05) is 26.7 Å². The lowest BCUT2D eigenvalue weighted by atomic mass is 9.85. The zero-order chi connectivity index (χ0) is 13.9. The summed E-state index contributed by atoms with van der Waals surface area (Å²) < 4.78 is 0. The monoisotopic (exact) mass is 263 g/mol. The molecule has 2 rings (SSSR count). The maximum atomic E-state index is 12.9. The van der Waals surface area contributed by atoms with Crippen LogP contribution in [-0.2, 0) is 4.79 Å². The Kier molecular flexibility index (Phi) is 4.46. The molecule has 0 N–H and O–H groups in total. The van der Waals surface area contributed by atoms with Gasteiger partial charge in [0.15, 0.2) is 0 Å². The normalized spacial score (nSPS) is 27.8. The Hall–Kier alpha value is -1.08. The standard InChI is InChI=1S/C15H25N3O/c1-3-13-11-17(2)9-6-10-18(13)14(19)15(12-16)7-4-5-8-15/h13H,3-11H2,1-2H3. The van der Waals surface area contributed by atoms with Crippen LogP contribution in [0.2, 0.25) is 0 Å². The molecule has 19 heavy (non-hydrogen) atoms. The molecule has 0 aromatic carbocycles. The predicted molar refractivity (Wildman–Crippen MR) is 74.4 cm³/mol. The molecule has 106 valence electrons. The van der Waals surface area contributed by atoms with Gasteiger partial charge in [0.1, 0.15) is 5.41 Å². The second-order valence-electron chi connectivity index (χ2n) is 6.08. The van der Waals surface area contributed by atoms with Gasteiger partial charge in [-0.1, -0.05) is 19.8 Å². The number of rotatable bonds is 2. The molecule has 1 saturated heterocycles. The van der Waals surface area contributed by atoms with Crippen molar-refractivity contribution in [2.24, 2.45) is 5.41 Å². The van der Waals surface area contributed by atoms with Crippen LogP contribution >= 0.6 is 0 Å². The molecular formula is C15H25N3O. The quantitative estimate of drug-likeness (QED) is 0.765. The van der Waals surface area contributed by atoms with Crippen molar-refractivity contribution in [3.05, 3.63) is 0 Å². The van der Waals surface area contributed by atoms with E-state index in [4.69, 9.17) is 0 Å². The van der Waals surface area contributed by atoms with Gasteiger partial charge in [-0.25, -0.2) is 0 Å². The smallest absolute Gasteiger partial charge is 0.243 e. The van der Waals surface area contributed by atoms with E-state index in [0.29, 0.717) is 0 Å². The lowest BCUT2D eigenvalue weighted by molar-refractivity contribution is -0.141. The summed E-state index contributed by atoms with van der Waals surface area (Å²) in [5.41, 5.74) is -0.712. The number of nitrogens with zero attached hydrogens (tertiary/aromatic N) is 3. The molecule has 2 aliphatic rings. The second kappa shape index (κ2) is 5.92. The number of hydrogen-bond acceptors (Lipinski definition) is 3. The highest BCUT2D eigenvalue weighted by Gasteiger charge is 2.45. The summed E-state index contributed by atoms with van der Waals surface area (Å²) in [7, 11) is 2.12. The van der Waals surface area contributed by atoms with Gasteiger partial charge in [-0.3, -0.25) is 4.79 Å². The van der Waals surface area contributed by atoms with Crippen molar-refractivity contribution in [2.45, 2.75) is 51.5 Å². The first kappa shape index (κ1) is 14.3. The van der Waals surface area contributed by atoms with Gasteiger partial charge in [0.05, 0.1) is 6.07 Å². The summed E-state index contributed by atoms with van der Waals surface area (Å²) in [6, 6.07) is 2.62. The molecule has 1 unspecified atom stereocenters. The summed E-state index contributed by atoms with van der Waals surface area (Å²) in [5.74, 6) is 0.106. The first-order valence-electron chi connectivity index (χ1n) is 7.54. The van der Waals surface area contributed by atoms with Crippen LogP contribution in [0.25, 0.3) is 0 Å². The lowest BCUT2D eigenvalue weighted by Crippen LogP contribution is -2.49. The van der Waals surface area contributed by atoms with Gasteiger partial charge < -0.3 is 9.80 Å². The highest BCUT2D eigenvalue weighted by molar-refractivity contribution is 5.86. The zero-order valence-corrected chi connectivity index (χ0v) is 12.2. The summed E-state index contributed by atoms with van der Waals surface area (Å²) in [5, 5.41) is 9.49. The highest BCUT2D eigenvalue weighted by Crippen LogP contribution is 2.40. The maximum Gasteiger partial charge on any atom is 0.243 e. The van der Waals surface area contributed by atoms with Gasteiger partial charge in [-0.2, -0.15) is 5.26 Å². The Morgan fingerprint density at radius 1 is 1.32 bits per heavy atom. The highest BCUT2D eigenvalue weighted by atomic mass is 16.2. The minimum Gasteiger partial charge on any atom is -0.337 e. The number of carbonyl (C=O) groups excluding carboxylic acids is 1. The van der Waals surface area contributed by atoms with E-state index in [1.54, 1.807) is 0 Å². The van der Waals surface area contributed by atoms with E-state index in [-0.39, 0.29) is 11.9 Å². The summed E-state index contributed by atoms with van der Waals surface area (Å²) in [6.45, 7) is 4.92. The Labute approximate surface area is 116 Å². The number of amides is 1. The fourth-order valence-corrected chi connectivity index (χ4v) is 3.49. The molecule has 4 nitrogen and oxygen atoms in total. The zero-order valence-electron chi connectivity index (χ0n) is 12.2. The molecule has 1 heterocycles. The molecule has 1 amide bonds. The number of hydrogen-bond donors (Lipinski definition) is 0. The average molecular weight is 263 g/mol. The summed E-state index contributed by atoms with van der Waals surface area (Å²) >= 11 is 0. The maximum absolute atomic E-state index is 12.9. The Bertz CT molecular complexity index is 368. The first-order chi connectivity index (χ1) is 9.13. The molecule has 1 saturated carbocycles. The second-order valence-corrected chi connectivity index (χ2v) is 6.08. The van der Waals surface area contributed by atoms with E-state index in [2.05, 4.69) is 24.9 Å². The Morgan fingerprint density at radius 2 is 2.00 bits per heavy atom. The largest absolute Gasteiger partial charge is 0.337 e. The van der Waals surface area contributed by atoms with Crippen LogP contribution in [0.3, 0.4) is 0 Å². The van der Waals surface area contributed by atoms with E-state index in [0.717, 1.165) is 58.2 Å². The van der Waals surface area contributed by atoms with Gasteiger partial charge in [-0.05, 0) is 39.3 Å². The summed E-state index contributed by atoms with van der Waals surface area (Å²) in [6.07, 6.45) is 5.53. The third-order valence-corrected chi connectivity index (χ3v) is 4.71. The molecule has 1 atom stereocenters. The van der Waals surface area contributed by atoms with Crippen molar-refractivity contribution < 1.29 is 4.79 Å². The third kappa shape index (κ3) is 2.76. The van der Waals surface area contributed by atoms with Gasteiger partial charge >= 0.3 is 0 Å². The fourth-order valence-electron chi connectivity index (χ4n) is 3.49. The molecule has 2 fully saturated rings.